The van der Waals surface area contributed by atoms with Crippen LogP contribution in [0, 0.1) is 5.92 Å². The van der Waals surface area contributed by atoms with Gasteiger partial charge < -0.3 is 0 Å². The normalized spacial score (nSPS) is 11.0. The van der Waals surface area contributed by atoms with Crippen LogP contribution in [0.1, 0.15) is 20.3 Å². The van der Waals surface area contributed by atoms with E-state index in [1.54, 1.807) is 0 Å². The van der Waals surface area contributed by atoms with Gasteiger partial charge in [-0.3, -0.25) is 4.68 Å². The fourth-order valence-corrected chi connectivity index (χ4v) is 1.32. The second kappa shape index (κ2) is 4.77. The van der Waals surface area contributed by atoms with Gasteiger partial charge in [0.05, 0.1) is 6.20 Å². The van der Waals surface area contributed by atoms with Crippen molar-refractivity contribution in [2.75, 3.05) is 0 Å². The Hall–Kier alpha value is -0.160. The van der Waals surface area contributed by atoms with Gasteiger partial charge in [-0.15, -0.1) is 16.8 Å². The van der Waals surface area contributed by atoms with Crippen molar-refractivity contribution in [2.45, 2.75) is 31.8 Å². The quantitative estimate of drug-likeness (QED) is 0.601. The zero-order valence-corrected chi connectivity index (χ0v) is 8.98. The maximum absolute atomic E-state index is 4.03. The molecule has 3 nitrogen and oxygen atoms in total. The summed E-state index contributed by atoms with van der Waals surface area (Å²) in [5.41, 5.74) is 0. The van der Waals surface area contributed by atoms with Crippen molar-refractivity contribution in [2.24, 2.45) is 5.92 Å². The zero-order valence-electron chi connectivity index (χ0n) is 7.27. The maximum atomic E-state index is 4.03. The third kappa shape index (κ3) is 3.06. The summed E-state index contributed by atoms with van der Waals surface area (Å²) in [5, 5.41) is 8.73. The van der Waals surface area contributed by atoms with E-state index in [0.29, 0.717) is 5.92 Å². The highest BCUT2D eigenvalue weighted by Crippen LogP contribution is 2.17. The van der Waals surface area contributed by atoms with E-state index in [1.165, 1.54) is 10.8 Å². The lowest BCUT2D eigenvalue weighted by Gasteiger charge is -2.02. The van der Waals surface area contributed by atoms with Crippen molar-refractivity contribution >= 4 is 22.5 Å². The van der Waals surface area contributed by atoms with E-state index in [2.05, 4.69) is 35.8 Å². The van der Waals surface area contributed by atoms with Crippen LogP contribution in [-0.4, -0.2) is 15.0 Å². The Labute approximate surface area is 81.7 Å². The largest absolute Gasteiger partial charge is 0.251 e. The summed E-state index contributed by atoms with van der Waals surface area (Å²) in [6.45, 7) is 5.34. The lowest BCUT2D eigenvalue weighted by atomic mass is 10.1. The van der Waals surface area contributed by atoms with Crippen LogP contribution in [0.2, 0.25) is 0 Å². The standard InChI is InChI=1S/C7H13N3S2/c1-6(2)3-4-10-5-7(12-11)8-9-10/h5-6,11H,3-4H2,1-2H3. The van der Waals surface area contributed by atoms with Gasteiger partial charge in [-0.25, -0.2) is 0 Å². The first-order valence-corrected chi connectivity index (χ1v) is 5.81. The molecule has 1 heterocycles. The van der Waals surface area contributed by atoms with Crippen LogP contribution in [0.3, 0.4) is 0 Å². The van der Waals surface area contributed by atoms with Gasteiger partial charge >= 0.3 is 0 Å². The van der Waals surface area contributed by atoms with Crippen LogP contribution in [-0.2, 0) is 6.54 Å². The lowest BCUT2D eigenvalue weighted by Crippen LogP contribution is -2.01. The van der Waals surface area contributed by atoms with E-state index in [1.807, 2.05) is 10.9 Å². The molecule has 0 N–H and O–H groups in total. The molecule has 0 unspecified atom stereocenters. The number of hydrogen-bond acceptors (Lipinski definition) is 4. The highest BCUT2D eigenvalue weighted by Gasteiger charge is 1.99. The average molecular weight is 203 g/mol. The summed E-state index contributed by atoms with van der Waals surface area (Å²) >= 11 is 4.03. The van der Waals surface area contributed by atoms with Crippen molar-refractivity contribution in [3.63, 3.8) is 0 Å². The first-order chi connectivity index (χ1) is 5.72. The fourth-order valence-electron chi connectivity index (χ4n) is 0.822. The minimum Gasteiger partial charge on any atom is -0.251 e. The summed E-state index contributed by atoms with van der Waals surface area (Å²) in [4.78, 5) is 0. The number of thiol groups is 1. The Morgan fingerprint density at radius 3 is 2.92 bits per heavy atom. The van der Waals surface area contributed by atoms with Crippen LogP contribution in [0.5, 0.6) is 0 Å². The van der Waals surface area contributed by atoms with Crippen molar-refractivity contribution in [1.82, 2.24) is 15.0 Å². The first kappa shape index (κ1) is 9.92. The Kier molecular flexibility index (Phi) is 3.94. The topological polar surface area (TPSA) is 30.7 Å². The molecule has 0 amide bonds. The molecule has 0 bridgehead atoms. The van der Waals surface area contributed by atoms with Crippen molar-refractivity contribution in [1.29, 1.82) is 0 Å². The van der Waals surface area contributed by atoms with Gasteiger partial charge in [-0.2, -0.15) is 0 Å². The molecule has 0 aliphatic rings. The molecule has 0 aliphatic heterocycles. The summed E-state index contributed by atoms with van der Waals surface area (Å²) in [6.07, 6.45) is 3.06. The Morgan fingerprint density at radius 1 is 1.67 bits per heavy atom. The second-order valence-corrected chi connectivity index (χ2v) is 4.24. The molecule has 0 saturated carbocycles. The number of aryl methyl sites for hydroxylation is 1. The van der Waals surface area contributed by atoms with E-state index >= 15 is 0 Å². The van der Waals surface area contributed by atoms with E-state index in [0.717, 1.165) is 18.0 Å². The van der Waals surface area contributed by atoms with Crippen LogP contribution in [0.4, 0.5) is 0 Å². The highest BCUT2D eigenvalue weighted by molar-refractivity contribution is 8.68. The Bertz CT molecular complexity index is 234. The molecule has 5 heteroatoms. The monoisotopic (exact) mass is 203 g/mol. The molecule has 0 saturated heterocycles. The molecule has 68 valence electrons. The molecule has 0 radical (unpaired) electrons. The van der Waals surface area contributed by atoms with Gasteiger partial charge in [-0.05, 0) is 23.1 Å². The second-order valence-electron chi connectivity index (χ2n) is 3.09. The molecule has 0 aliphatic carbocycles. The first-order valence-electron chi connectivity index (χ1n) is 3.94. The Balaban J connectivity index is 2.41. The van der Waals surface area contributed by atoms with Crippen LogP contribution >= 0.6 is 22.5 Å². The highest BCUT2D eigenvalue weighted by atomic mass is 33.1. The van der Waals surface area contributed by atoms with Gasteiger partial charge in [0.15, 0.2) is 0 Å². The zero-order chi connectivity index (χ0) is 8.97. The van der Waals surface area contributed by atoms with Gasteiger partial charge in [-0.1, -0.05) is 19.1 Å². The minimum atomic E-state index is 0.710. The molecular formula is C7H13N3S2. The van der Waals surface area contributed by atoms with E-state index in [9.17, 15) is 0 Å². The van der Waals surface area contributed by atoms with Crippen molar-refractivity contribution < 1.29 is 0 Å². The van der Waals surface area contributed by atoms with Gasteiger partial charge in [0.1, 0.15) is 5.03 Å². The molecule has 0 atom stereocenters. The van der Waals surface area contributed by atoms with Crippen LogP contribution in [0.15, 0.2) is 11.2 Å². The van der Waals surface area contributed by atoms with Crippen molar-refractivity contribution in [3.8, 4) is 0 Å². The number of hydrogen-bond donors (Lipinski definition) is 1. The van der Waals surface area contributed by atoms with Crippen molar-refractivity contribution in [3.05, 3.63) is 6.20 Å². The van der Waals surface area contributed by atoms with Crippen LogP contribution in [0.25, 0.3) is 0 Å². The third-order valence-corrected chi connectivity index (χ3v) is 2.48. The minimum absolute atomic E-state index is 0.710. The molecule has 0 fully saturated rings. The molecule has 0 spiro atoms. The molecule has 1 rings (SSSR count). The number of aromatic nitrogens is 3. The van der Waals surface area contributed by atoms with E-state index < -0.39 is 0 Å². The predicted molar refractivity (Wildman–Crippen MR) is 54.3 cm³/mol. The van der Waals surface area contributed by atoms with Gasteiger partial charge in [0.2, 0.25) is 0 Å². The molecule has 12 heavy (non-hydrogen) atoms. The molecular weight excluding hydrogens is 190 g/mol. The molecule has 0 aromatic carbocycles. The van der Waals surface area contributed by atoms with Crippen LogP contribution < -0.4 is 0 Å². The summed E-state index contributed by atoms with van der Waals surface area (Å²) in [5.74, 6) is 0.710. The maximum Gasteiger partial charge on any atom is 0.149 e. The SMILES string of the molecule is CC(C)CCn1cc(SS)nn1. The molecule has 1 aromatic rings. The molecule has 1 aromatic heterocycles. The summed E-state index contributed by atoms with van der Waals surface area (Å²) in [7, 11) is 1.32. The van der Waals surface area contributed by atoms with E-state index in [4.69, 9.17) is 0 Å². The number of nitrogens with zero attached hydrogens (tertiary/aromatic N) is 3. The van der Waals surface area contributed by atoms with Gasteiger partial charge in [0.25, 0.3) is 0 Å². The predicted octanol–water partition coefficient (Wildman–Crippen LogP) is 2.26. The lowest BCUT2D eigenvalue weighted by molar-refractivity contribution is 0.478. The summed E-state index contributed by atoms with van der Waals surface area (Å²) in [6, 6.07) is 0. The average Bonchev–Trinajstić information content (AvgIpc) is 2.48. The smallest absolute Gasteiger partial charge is 0.149 e. The number of rotatable bonds is 4. The fraction of sp³-hybridized carbons (Fsp3) is 0.714. The van der Waals surface area contributed by atoms with Gasteiger partial charge in [0, 0.05) is 6.54 Å². The summed E-state index contributed by atoms with van der Waals surface area (Å²) < 4.78 is 1.86. The Morgan fingerprint density at radius 2 is 2.42 bits per heavy atom. The third-order valence-electron chi connectivity index (χ3n) is 1.55. The van der Waals surface area contributed by atoms with E-state index in [-0.39, 0.29) is 0 Å².